The molecule has 4 rings (SSSR count). The summed E-state index contributed by atoms with van der Waals surface area (Å²) in [7, 11) is 0. The lowest BCUT2D eigenvalue weighted by molar-refractivity contribution is -0.141. The first-order chi connectivity index (χ1) is 12.5. The van der Waals surface area contributed by atoms with Crippen molar-refractivity contribution in [3.8, 4) is 11.4 Å². The molecule has 0 saturated carbocycles. The van der Waals surface area contributed by atoms with E-state index in [4.69, 9.17) is 4.52 Å². The second-order valence-corrected chi connectivity index (χ2v) is 6.54. The van der Waals surface area contributed by atoms with Crippen molar-refractivity contribution < 1.29 is 9.32 Å². The van der Waals surface area contributed by atoms with Crippen LogP contribution in [0.5, 0.6) is 0 Å². The molecule has 8 heteroatoms. The molecule has 26 heavy (non-hydrogen) atoms. The predicted octanol–water partition coefficient (Wildman–Crippen LogP) is 2.23. The Balaban J connectivity index is 1.48. The first-order valence-electron chi connectivity index (χ1n) is 8.58. The zero-order valence-electron chi connectivity index (χ0n) is 15.0. The van der Waals surface area contributed by atoms with Gasteiger partial charge < -0.3 is 9.42 Å². The number of aromatic nitrogens is 5. The first-order valence-corrected chi connectivity index (χ1v) is 8.58. The lowest BCUT2D eigenvalue weighted by Crippen LogP contribution is -2.46. The number of rotatable bonds is 4. The van der Waals surface area contributed by atoms with Crippen molar-refractivity contribution in [2.75, 3.05) is 6.54 Å². The molecule has 134 valence electrons. The van der Waals surface area contributed by atoms with Crippen molar-refractivity contribution in [3.05, 3.63) is 47.4 Å². The molecule has 3 aromatic heterocycles. The number of hydrogen-bond acceptors (Lipinski definition) is 6. The quantitative estimate of drug-likeness (QED) is 0.715. The van der Waals surface area contributed by atoms with Gasteiger partial charge in [-0.15, -0.1) is 0 Å². The van der Waals surface area contributed by atoms with E-state index in [0.29, 0.717) is 18.3 Å². The third-order valence-corrected chi connectivity index (χ3v) is 5.01. The fourth-order valence-corrected chi connectivity index (χ4v) is 3.08. The van der Waals surface area contributed by atoms with Crippen molar-refractivity contribution in [2.45, 2.75) is 39.8 Å². The average Bonchev–Trinajstić information content (AvgIpc) is 3.16. The molecule has 1 atom stereocenters. The van der Waals surface area contributed by atoms with E-state index < -0.39 is 0 Å². The summed E-state index contributed by atoms with van der Waals surface area (Å²) in [5.41, 5.74) is 3.88. The van der Waals surface area contributed by atoms with Gasteiger partial charge in [0.05, 0.1) is 5.69 Å². The third kappa shape index (κ3) is 2.77. The van der Waals surface area contributed by atoms with Crippen LogP contribution < -0.4 is 0 Å². The van der Waals surface area contributed by atoms with Gasteiger partial charge in [0.25, 0.3) is 0 Å². The van der Waals surface area contributed by atoms with E-state index in [1.165, 1.54) is 0 Å². The molecule has 1 amide bonds. The summed E-state index contributed by atoms with van der Waals surface area (Å²) >= 11 is 0. The lowest BCUT2D eigenvalue weighted by atomic mass is 10.0. The molecule has 3 aromatic rings. The summed E-state index contributed by atoms with van der Waals surface area (Å²) in [6, 6.07) is 3.52. The van der Waals surface area contributed by atoms with Crippen molar-refractivity contribution >= 4 is 5.91 Å². The molecule has 1 saturated heterocycles. The fourth-order valence-electron chi connectivity index (χ4n) is 3.08. The molecule has 0 bridgehead atoms. The molecular formula is C18H20N6O2. The van der Waals surface area contributed by atoms with Crippen molar-refractivity contribution in [1.29, 1.82) is 0 Å². The SMILES string of the molecule is Cc1nn(CC(=O)N2CCC2c2nc(-c3cccnc3)no2)c(C)c1C. The van der Waals surface area contributed by atoms with E-state index in [1.807, 2.05) is 32.9 Å². The zero-order valence-corrected chi connectivity index (χ0v) is 15.0. The molecule has 0 spiro atoms. The Morgan fingerprint density at radius 3 is 2.81 bits per heavy atom. The van der Waals surface area contributed by atoms with Gasteiger partial charge >= 0.3 is 0 Å². The van der Waals surface area contributed by atoms with Crippen LogP contribution in [0.3, 0.4) is 0 Å². The van der Waals surface area contributed by atoms with E-state index >= 15 is 0 Å². The number of aryl methyl sites for hydroxylation is 1. The highest BCUT2D eigenvalue weighted by molar-refractivity contribution is 5.77. The minimum Gasteiger partial charge on any atom is -0.337 e. The van der Waals surface area contributed by atoms with Gasteiger partial charge in [0.2, 0.25) is 17.6 Å². The summed E-state index contributed by atoms with van der Waals surface area (Å²) in [5.74, 6) is 0.961. The van der Waals surface area contributed by atoms with Gasteiger partial charge in [0.1, 0.15) is 12.6 Å². The normalized spacial score (nSPS) is 16.6. The Hall–Kier alpha value is -3.03. The molecule has 0 aromatic carbocycles. The van der Waals surface area contributed by atoms with Crippen LogP contribution >= 0.6 is 0 Å². The number of amides is 1. The highest BCUT2D eigenvalue weighted by Gasteiger charge is 2.37. The van der Waals surface area contributed by atoms with Crippen LogP contribution in [0.25, 0.3) is 11.4 Å². The maximum atomic E-state index is 12.7. The Morgan fingerprint density at radius 1 is 1.35 bits per heavy atom. The molecular weight excluding hydrogens is 332 g/mol. The molecule has 1 aliphatic heterocycles. The van der Waals surface area contributed by atoms with Gasteiger partial charge in [-0.3, -0.25) is 14.5 Å². The smallest absolute Gasteiger partial charge is 0.249 e. The van der Waals surface area contributed by atoms with Crippen molar-refractivity contribution in [1.82, 2.24) is 29.8 Å². The minimum atomic E-state index is -0.168. The van der Waals surface area contributed by atoms with Crippen LogP contribution in [0.15, 0.2) is 29.0 Å². The fraction of sp³-hybridized carbons (Fsp3) is 0.389. The van der Waals surface area contributed by atoms with Gasteiger partial charge in [0.15, 0.2) is 0 Å². The molecule has 1 unspecified atom stereocenters. The van der Waals surface area contributed by atoms with Gasteiger partial charge in [-0.05, 0) is 44.9 Å². The zero-order chi connectivity index (χ0) is 18.3. The van der Waals surface area contributed by atoms with E-state index in [1.54, 1.807) is 22.0 Å². The number of pyridine rings is 1. The highest BCUT2D eigenvalue weighted by Crippen LogP contribution is 2.33. The Labute approximate surface area is 150 Å². The molecule has 1 fully saturated rings. The number of likely N-dealkylation sites (tertiary alicyclic amines) is 1. The Kier molecular flexibility index (Phi) is 4.02. The van der Waals surface area contributed by atoms with Crippen molar-refractivity contribution in [2.24, 2.45) is 0 Å². The van der Waals surface area contributed by atoms with Crippen LogP contribution in [0.4, 0.5) is 0 Å². The van der Waals surface area contributed by atoms with E-state index in [9.17, 15) is 4.79 Å². The summed E-state index contributed by atoms with van der Waals surface area (Å²) in [4.78, 5) is 23.0. The average molecular weight is 352 g/mol. The predicted molar refractivity (Wildman–Crippen MR) is 93.0 cm³/mol. The van der Waals surface area contributed by atoms with Crippen LogP contribution in [-0.4, -0.2) is 42.3 Å². The summed E-state index contributed by atoms with van der Waals surface area (Å²) < 4.78 is 7.16. The topological polar surface area (TPSA) is 89.9 Å². The third-order valence-electron chi connectivity index (χ3n) is 5.01. The number of carbonyl (C=O) groups excluding carboxylic acids is 1. The maximum Gasteiger partial charge on any atom is 0.249 e. The molecule has 0 N–H and O–H groups in total. The number of nitrogens with zero attached hydrogens (tertiary/aromatic N) is 6. The minimum absolute atomic E-state index is 0.00739. The van der Waals surface area contributed by atoms with E-state index in [-0.39, 0.29) is 18.5 Å². The van der Waals surface area contributed by atoms with Gasteiger partial charge in [-0.2, -0.15) is 10.1 Å². The number of hydrogen-bond donors (Lipinski definition) is 0. The van der Waals surface area contributed by atoms with Crippen LogP contribution in [0.1, 0.15) is 35.3 Å². The van der Waals surface area contributed by atoms with Gasteiger partial charge in [0, 0.05) is 30.2 Å². The first kappa shape index (κ1) is 16.4. The largest absolute Gasteiger partial charge is 0.337 e. The summed E-state index contributed by atoms with van der Waals surface area (Å²) in [6.07, 6.45) is 4.19. The highest BCUT2D eigenvalue weighted by atomic mass is 16.5. The molecule has 8 nitrogen and oxygen atoms in total. The second-order valence-electron chi connectivity index (χ2n) is 6.54. The Morgan fingerprint density at radius 2 is 2.19 bits per heavy atom. The molecule has 4 heterocycles. The van der Waals surface area contributed by atoms with Crippen molar-refractivity contribution in [3.63, 3.8) is 0 Å². The van der Waals surface area contributed by atoms with Crippen LogP contribution in [0.2, 0.25) is 0 Å². The van der Waals surface area contributed by atoms with E-state index in [2.05, 4.69) is 20.2 Å². The standard InChI is InChI=1S/C18H20N6O2/c1-11-12(2)21-24(13(11)3)10-16(25)23-8-6-15(23)18-20-17(22-26-18)14-5-4-7-19-9-14/h4-5,7,9,15H,6,8,10H2,1-3H3. The van der Waals surface area contributed by atoms with Crippen LogP contribution in [0, 0.1) is 20.8 Å². The number of carbonyl (C=O) groups is 1. The maximum absolute atomic E-state index is 12.7. The van der Waals surface area contributed by atoms with E-state index in [0.717, 1.165) is 28.9 Å². The van der Waals surface area contributed by atoms with Gasteiger partial charge in [-0.1, -0.05) is 5.16 Å². The second kappa shape index (κ2) is 6.36. The summed E-state index contributed by atoms with van der Waals surface area (Å²) in [6.45, 7) is 6.86. The van der Waals surface area contributed by atoms with Gasteiger partial charge in [-0.25, -0.2) is 0 Å². The monoisotopic (exact) mass is 352 g/mol. The summed E-state index contributed by atoms with van der Waals surface area (Å²) in [5, 5.41) is 8.46. The lowest BCUT2D eigenvalue weighted by Gasteiger charge is -2.38. The molecule has 0 radical (unpaired) electrons. The molecule has 1 aliphatic rings. The molecule has 0 aliphatic carbocycles. The Bertz CT molecular complexity index is 946. The van der Waals surface area contributed by atoms with Crippen LogP contribution in [-0.2, 0) is 11.3 Å².